The maximum absolute atomic E-state index is 12.4. The number of pyridine rings is 1. The van der Waals surface area contributed by atoms with Gasteiger partial charge in [-0.25, -0.2) is 4.98 Å². The SMILES string of the molecule is COc1ccc2c(c1)cc(C(=O)NCCC(=O)Nc1ccccn1)n2C. The molecule has 0 saturated heterocycles. The first-order valence-electron chi connectivity index (χ1n) is 8.21. The van der Waals surface area contributed by atoms with E-state index < -0.39 is 0 Å². The molecule has 2 heterocycles. The van der Waals surface area contributed by atoms with Gasteiger partial charge in [-0.15, -0.1) is 0 Å². The number of hydrogen-bond donors (Lipinski definition) is 2. The molecule has 3 aromatic rings. The van der Waals surface area contributed by atoms with Gasteiger partial charge in [0, 0.05) is 37.1 Å². The molecule has 7 heteroatoms. The standard InChI is InChI=1S/C19H20N4O3/c1-23-15-7-6-14(26-2)11-13(15)12-16(23)19(25)21-10-8-18(24)22-17-5-3-4-9-20-17/h3-7,9,11-12H,8,10H2,1-2H3,(H,21,25)(H,20,22,24). The molecule has 2 amide bonds. The molecule has 26 heavy (non-hydrogen) atoms. The summed E-state index contributed by atoms with van der Waals surface area (Å²) in [4.78, 5) is 28.3. The summed E-state index contributed by atoms with van der Waals surface area (Å²) in [5.74, 6) is 0.798. The first-order chi connectivity index (χ1) is 12.6. The van der Waals surface area contributed by atoms with E-state index in [1.54, 1.807) is 37.6 Å². The molecule has 2 aromatic heterocycles. The van der Waals surface area contributed by atoms with Crippen LogP contribution < -0.4 is 15.4 Å². The average Bonchev–Trinajstić information content (AvgIpc) is 2.98. The van der Waals surface area contributed by atoms with E-state index >= 15 is 0 Å². The Kier molecular flexibility index (Phi) is 5.17. The molecule has 3 rings (SSSR count). The number of benzene rings is 1. The van der Waals surface area contributed by atoms with E-state index in [2.05, 4.69) is 15.6 Å². The fourth-order valence-corrected chi connectivity index (χ4v) is 2.69. The van der Waals surface area contributed by atoms with Crippen LogP contribution in [0.25, 0.3) is 10.9 Å². The van der Waals surface area contributed by atoms with Crippen molar-refractivity contribution in [3.8, 4) is 5.75 Å². The number of rotatable bonds is 6. The Morgan fingerprint density at radius 1 is 1.19 bits per heavy atom. The zero-order valence-corrected chi connectivity index (χ0v) is 14.7. The normalized spacial score (nSPS) is 10.5. The van der Waals surface area contributed by atoms with Crippen LogP contribution in [0.4, 0.5) is 5.82 Å². The Morgan fingerprint density at radius 2 is 2.04 bits per heavy atom. The molecule has 0 fully saturated rings. The summed E-state index contributed by atoms with van der Waals surface area (Å²) in [6.45, 7) is 0.238. The van der Waals surface area contributed by atoms with Crippen molar-refractivity contribution in [2.24, 2.45) is 7.05 Å². The van der Waals surface area contributed by atoms with Gasteiger partial charge in [0.1, 0.15) is 17.3 Å². The van der Waals surface area contributed by atoms with E-state index in [0.29, 0.717) is 11.5 Å². The lowest BCUT2D eigenvalue weighted by Crippen LogP contribution is -2.29. The zero-order valence-electron chi connectivity index (χ0n) is 14.7. The van der Waals surface area contributed by atoms with E-state index in [0.717, 1.165) is 16.7 Å². The van der Waals surface area contributed by atoms with Crippen LogP contribution in [0, 0.1) is 0 Å². The summed E-state index contributed by atoms with van der Waals surface area (Å²) < 4.78 is 7.03. The minimum atomic E-state index is -0.228. The van der Waals surface area contributed by atoms with Gasteiger partial charge in [0.25, 0.3) is 5.91 Å². The number of methoxy groups -OCH3 is 1. The van der Waals surface area contributed by atoms with Gasteiger partial charge in [0.15, 0.2) is 0 Å². The highest BCUT2D eigenvalue weighted by atomic mass is 16.5. The van der Waals surface area contributed by atoms with E-state index in [-0.39, 0.29) is 24.8 Å². The molecule has 2 N–H and O–H groups in total. The second-order valence-corrected chi connectivity index (χ2v) is 5.78. The molecule has 0 aliphatic heterocycles. The first-order valence-corrected chi connectivity index (χ1v) is 8.21. The van der Waals surface area contributed by atoms with Crippen LogP contribution in [0.2, 0.25) is 0 Å². The number of hydrogen-bond acceptors (Lipinski definition) is 4. The number of fused-ring (bicyclic) bond motifs is 1. The molecular weight excluding hydrogens is 332 g/mol. The van der Waals surface area contributed by atoms with Crippen molar-refractivity contribution in [1.29, 1.82) is 0 Å². The molecule has 1 aromatic carbocycles. The van der Waals surface area contributed by atoms with Crippen LogP contribution in [0.15, 0.2) is 48.7 Å². The molecule has 134 valence electrons. The van der Waals surface area contributed by atoms with Gasteiger partial charge in [0.05, 0.1) is 7.11 Å². The van der Waals surface area contributed by atoms with Gasteiger partial charge >= 0.3 is 0 Å². The van der Waals surface area contributed by atoms with Crippen molar-refractivity contribution in [2.45, 2.75) is 6.42 Å². The van der Waals surface area contributed by atoms with Crippen LogP contribution in [-0.2, 0) is 11.8 Å². The second-order valence-electron chi connectivity index (χ2n) is 5.78. The van der Waals surface area contributed by atoms with Crippen LogP contribution in [-0.4, -0.2) is 35.0 Å². The van der Waals surface area contributed by atoms with Crippen LogP contribution >= 0.6 is 0 Å². The fraction of sp³-hybridized carbons (Fsp3) is 0.211. The largest absolute Gasteiger partial charge is 0.497 e. The van der Waals surface area contributed by atoms with Gasteiger partial charge in [-0.05, 0) is 36.4 Å². The van der Waals surface area contributed by atoms with E-state index in [1.807, 2.05) is 29.8 Å². The van der Waals surface area contributed by atoms with Crippen LogP contribution in [0.1, 0.15) is 16.9 Å². The van der Waals surface area contributed by atoms with Gasteiger partial charge in [-0.3, -0.25) is 9.59 Å². The van der Waals surface area contributed by atoms with Gasteiger partial charge < -0.3 is 19.9 Å². The summed E-state index contributed by atoms with van der Waals surface area (Å²) in [6, 6.07) is 12.7. The predicted octanol–water partition coefficient (Wildman–Crippen LogP) is 2.34. The molecule has 0 spiro atoms. The number of anilines is 1. The van der Waals surface area contributed by atoms with Crippen molar-refractivity contribution in [3.05, 3.63) is 54.4 Å². The Labute approximate surface area is 151 Å². The number of carbonyl (C=O) groups excluding carboxylic acids is 2. The lowest BCUT2D eigenvalue weighted by molar-refractivity contribution is -0.116. The number of nitrogens with zero attached hydrogens (tertiary/aromatic N) is 2. The van der Waals surface area contributed by atoms with Crippen molar-refractivity contribution >= 4 is 28.5 Å². The fourth-order valence-electron chi connectivity index (χ4n) is 2.69. The summed E-state index contributed by atoms with van der Waals surface area (Å²) in [5.41, 5.74) is 1.46. The Bertz CT molecular complexity index is 935. The smallest absolute Gasteiger partial charge is 0.267 e. The third-order valence-corrected chi connectivity index (χ3v) is 4.05. The zero-order chi connectivity index (χ0) is 18.5. The maximum atomic E-state index is 12.4. The number of nitrogens with one attached hydrogen (secondary N) is 2. The number of aryl methyl sites for hydroxylation is 1. The minimum absolute atomic E-state index is 0.167. The Balaban J connectivity index is 1.59. The van der Waals surface area contributed by atoms with Gasteiger partial charge in [-0.1, -0.05) is 6.07 Å². The third-order valence-electron chi connectivity index (χ3n) is 4.05. The number of ether oxygens (including phenoxy) is 1. The topological polar surface area (TPSA) is 85.2 Å². The number of carbonyl (C=O) groups is 2. The van der Waals surface area contributed by atoms with Crippen molar-refractivity contribution in [1.82, 2.24) is 14.9 Å². The highest BCUT2D eigenvalue weighted by Gasteiger charge is 2.14. The van der Waals surface area contributed by atoms with Crippen LogP contribution in [0.5, 0.6) is 5.75 Å². The van der Waals surface area contributed by atoms with E-state index in [1.165, 1.54) is 0 Å². The predicted molar refractivity (Wildman–Crippen MR) is 99.3 cm³/mol. The molecular formula is C19H20N4O3. The summed E-state index contributed by atoms with van der Waals surface area (Å²) in [5, 5.41) is 6.38. The highest BCUT2D eigenvalue weighted by molar-refractivity contribution is 5.99. The van der Waals surface area contributed by atoms with Crippen molar-refractivity contribution < 1.29 is 14.3 Å². The quantitative estimate of drug-likeness (QED) is 0.713. The molecule has 0 bridgehead atoms. The van der Waals surface area contributed by atoms with Gasteiger partial charge in [0.2, 0.25) is 5.91 Å². The molecule has 0 aliphatic rings. The molecule has 0 saturated carbocycles. The second kappa shape index (κ2) is 7.69. The molecule has 0 radical (unpaired) electrons. The van der Waals surface area contributed by atoms with Crippen molar-refractivity contribution in [3.63, 3.8) is 0 Å². The molecule has 0 unspecified atom stereocenters. The first kappa shape index (κ1) is 17.5. The molecule has 0 atom stereocenters. The minimum Gasteiger partial charge on any atom is -0.497 e. The van der Waals surface area contributed by atoms with Gasteiger partial charge in [-0.2, -0.15) is 0 Å². The summed E-state index contributed by atoms with van der Waals surface area (Å²) >= 11 is 0. The third kappa shape index (κ3) is 3.83. The Morgan fingerprint density at radius 3 is 2.77 bits per heavy atom. The Hall–Kier alpha value is -3.35. The number of amides is 2. The lowest BCUT2D eigenvalue weighted by atomic mass is 10.2. The molecule has 0 aliphatic carbocycles. The summed E-state index contributed by atoms with van der Waals surface area (Å²) in [7, 11) is 3.44. The average molecular weight is 352 g/mol. The van der Waals surface area contributed by atoms with E-state index in [4.69, 9.17) is 4.74 Å². The van der Waals surface area contributed by atoms with Crippen molar-refractivity contribution in [2.75, 3.05) is 19.0 Å². The van der Waals surface area contributed by atoms with E-state index in [9.17, 15) is 9.59 Å². The number of aromatic nitrogens is 2. The summed E-state index contributed by atoms with van der Waals surface area (Å²) in [6.07, 6.45) is 1.77. The lowest BCUT2D eigenvalue weighted by Gasteiger charge is -2.07. The molecule has 7 nitrogen and oxygen atoms in total. The maximum Gasteiger partial charge on any atom is 0.267 e. The monoisotopic (exact) mass is 352 g/mol. The highest BCUT2D eigenvalue weighted by Crippen LogP contribution is 2.23. The van der Waals surface area contributed by atoms with Crippen LogP contribution in [0.3, 0.4) is 0 Å².